The SMILES string of the molecule is CCCCNc1cc(Cl)cc(NC(=O)c2cc(N3CCCS3)cc(Cl)c2Cl)c1. The normalized spacial score (nSPS) is 13.6. The van der Waals surface area contributed by atoms with Crippen LogP contribution in [0.1, 0.15) is 36.5 Å². The first kappa shape index (κ1) is 21.4. The van der Waals surface area contributed by atoms with Crippen LogP contribution in [0.5, 0.6) is 0 Å². The Labute approximate surface area is 185 Å². The van der Waals surface area contributed by atoms with Gasteiger partial charge >= 0.3 is 0 Å². The smallest absolute Gasteiger partial charge is 0.257 e. The third-order valence-corrected chi connectivity index (χ3v) is 6.51. The van der Waals surface area contributed by atoms with Crippen molar-refractivity contribution < 1.29 is 4.79 Å². The fourth-order valence-electron chi connectivity index (χ4n) is 2.91. The molecule has 0 spiro atoms. The summed E-state index contributed by atoms with van der Waals surface area (Å²) >= 11 is 20.5. The van der Waals surface area contributed by atoms with E-state index < -0.39 is 0 Å². The van der Waals surface area contributed by atoms with Gasteiger partial charge in [-0.3, -0.25) is 4.79 Å². The fourth-order valence-corrected chi connectivity index (χ4v) is 4.54. The number of hydrogen-bond acceptors (Lipinski definition) is 4. The zero-order valence-corrected chi connectivity index (χ0v) is 18.6. The van der Waals surface area contributed by atoms with Crippen LogP contribution in [0.4, 0.5) is 17.1 Å². The lowest BCUT2D eigenvalue weighted by Gasteiger charge is -2.18. The Hall–Kier alpha value is -1.27. The van der Waals surface area contributed by atoms with Gasteiger partial charge in [-0.2, -0.15) is 0 Å². The van der Waals surface area contributed by atoms with Gasteiger partial charge in [0.2, 0.25) is 0 Å². The van der Waals surface area contributed by atoms with E-state index in [0.29, 0.717) is 21.3 Å². The molecule has 0 radical (unpaired) electrons. The summed E-state index contributed by atoms with van der Waals surface area (Å²) in [5, 5.41) is 7.35. The van der Waals surface area contributed by atoms with Crippen LogP contribution in [0.15, 0.2) is 30.3 Å². The molecule has 0 bridgehead atoms. The Morgan fingerprint density at radius 3 is 2.64 bits per heavy atom. The van der Waals surface area contributed by atoms with Crippen molar-refractivity contribution in [3.8, 4) is 0 Å². The maximum atomic E-state index is 12.9. The average Bonchev–Trinajstić information content (AvgIpc) is 3.18. The molecule has 1 amide bonds. The summed E-state index contributed by atoms with van der Waals surface area (Å²) in [5.41, 5.74) is 2.69. The molecule has 0 unspecified atom stereocenters. The quantitative estimate of drug-likeness (QED) is 0.347. The molecule has 1 aliphatic heterocycles. The predicted molar refractivity (Wildman–Crippen MR) is 124 cm³/mol. The van der Waals surface area contributed by atoms with E-state index in [-0.39, 0.29) is 10.9 Å². The number of nitrogens with one attached hydrogen (secondary N) is 2. The summed E-state index contributed by atoms with van der Waals surface area (Å²) in [6, 6.07) is 8.98. The van der Waals surface area contributed by atoms with Crippen LogP contribution in [0.25, 0.3) is 0 Å². The van der Waals surface area contributed by atoms with Crippen molar-refractivity contribution in [1.82, 2.24) is 0 Å². The van der Waals surface area contributed by atoms with E-state index in [1.165, 1.54) is 0 Å². The van der Waals surface area contributed by atoms with Crippen molar-refractivity contribution in [1.29, 1.82) is 0 Å². The molecule has 4 nitrogen and oxygen atoms in total. The maximum absolute atomic E-state index is 12.9. The number of carbonyl (C=O) groups is 1. The van der Waals surface area contributed by atoms with Gasteiger partial charge in [-0.15, -0.1) is 0 Å². The van der Waals surface area contributed by atoms with Gasteiger partial charge in [0.1, 0.15) is 0 Å². The van der Waals surface area contributed by atoms with E-state index in [0.717, 1.165) is 49.5 Å². The van der Waals surface area contributed by atoms with E-state index in [1.807, 2.05) is 12.1 Å². The average molecular weight is 459 g/mol. The molecule has 150 valence electrons. The van der Waals surface area contributed by atoms with Crippen molar-refractivity contribution in [2.24, 2.45) is 0 Å². The largest absolute Gasteiger partial charge is 0.385 e. The second-order valence-corrected chi connectivity index (χ2v) is 8.87. The number of rotatable bonds is 7. The fraction of sp³-hybridized carbons (Fsp3) is 0.350. The summed E-state index contributed by atoms with van der Waals surface area (Å²) in [4.78, 5) is 12.9. The van der Waals surface area contributed by atoms with Gasteiger partial charge in [-0.25, -0.2) is 0 Å². The molecule has 28 heavy (non-hydrogen) atoms. The van der Waals surface area contributed by atoms with E-state index >= 15 is 0 Å². The predicted octanol–water partition coefficient (Wildman–Crippen LogP) is 6.97. The summed E-state index contributed by atoms with van der Waals surface area (Å²) < 4.78 is 2.13. The number of amides is 1. The lowest BCUT2D eigenvalue weighted by atomic mass is 10.1. The molecule has 2 aromatic carbocycles. The Balaban J connectivity index is 1.81. The molecule has 1 aliphatic rings. The number of halogens is 3. The Morgan fingerprint density at radius 1 is 1.14 bits per heavy atom. The molecule has 0 aromatic heterocycles. The number of unbranched alkanes of at least 4 members (excludes halogenated alkanes) is 1. The lowest BCUT2D eigenvalue weighted by Crippen LogP contribution is -2.15. The number of nitrogens with zero attached hydrogens (tertiary/aromatic N) is 1. The van der Waals surface area contributed by atoms with Gasteiger partial charge in [0, 0.05) is 40.9 Å². The maximum Gasteiger partial charge on any atom is 0.257 e. The van der Waals surface area contributed by atoms with E-state index in [4.69, 9.17) is 34.8 Å². The Bertz CT molecular complexity index is 857. The van der Waals surface area contributed by atoms with Gasteiger partial charge < -0.3 is 14.9 Å². The summed E-state index contributed by atoms with van der Waals surface area (Å²) in [5.74, 6) is 0.734. The number of benzene rings is 2. The molecule has 3 rings (SSSR count). The van der Waals surface area contributed by atoms with Crippen LogP contribution in [0.2, 0.25) is 15.1 Å². The molecule has 1 fully saturated rings. The minimum atomic E-state index is -0.320. The van der Waals surface area contributed by atoms with Crippen LogP contribution >= 0.6 is 46.8 Å². The second-order valence-electron chi connectivity index (χ2n) is 6.54. The van der Waals surface area contributed by atoms with Crippen molar-refractivity contribution in [2.45, 2.75) is 26.2 Å². The molecular formula is C20H22Cl3N3OS. The monoisotopic (exact) mass is 457 g/mol. The van der Waals surface area contributed by atoms with Gasteiger partial charge in [0.05, 0.1) is 15.6 Å². The molecule has 0 atom stereocenters. The highest BCUT2D eigenvalue weighted by molar-refractivity contribution is 8.00. The molecule has 2 aromatic rings. The minimum Gasteiger partial charge on any atom is -0.385 e. The Kier molecular flexibility index (Phi) is 7.63. The number of carbonyl (C=O) groups excluding carboxylic acids is 1. The van der Waals surface area contributed by atoms with Gasteiger partial charge in [0.15, 0.2) is 0 Å². The van der Waals surface area contributed by atoms with Gasteiger partial charge in [0.25, 0.3) is 5.91 Å². The van der Waals surface area contributed by atoms with Crippen molar-refractivity contribution in [3.05, 3.63) is 51.0 Å². The van der Waals surface area contributed by atoms with Crippen LogP contribution in [0, 0.1) is 0 Å². The third-order valence-electron chi connectivity index (χ3n) is 4.31. The van der Waals surface area contributed by atoms with Crippen LogP contribution in [-0.4, -0.2) is 24.7 Å². The second kappa shape index (κ2) is 9.97. The zero-order chi connectivity index (χ0) is 20.1. The first-order chi connectivity index (χ1) is 13.5. The first-order valence-corrected chi connectivity index (χ1v) is 11.3. The highest BCUT2D eigenvalue weighted by atomic mass is 35.5. The minimum absolute atomic E-state index is 0.246. The van der Waals surface area contributed by atoms with Crippen molar-refractivity contribution in [2.75, 3.05) is 33.8 Å². The van der Waals surface area contributed by atoms with Crippen LogP contribution in [-0.2, 0) is 0 Å². The molecule has 2 N–H and O–H groups in total. The van der Waals surface area contributed by atoms with Crippen molar-refractivity contribution in [3.63, 3.8) is 0 Å². The van der Waals surface area contributed by atoms with E-state index in [1.54, 1.807) is 30.1 Å². The van der Waals surface area contributed by atoms with Gasteiger partial charge in [-0.05, 0) is 55.1 Å². The lowest BCUT2D eigenvalue weighted by molar-refractivity contribution is 0.102. The summed E-state index contributed by atoms with van der Waals surface area (Å²) in [7, 11) is 0. The standard InChI is InChI=1S/C20H22Cl3N3OS/c1-2-3-5-24-14-8-13(21)9-15(10-14)25-20(27)17-11-16(12-18(22)19(17)23)26-6-4-7-28-26/h8-12,24H,2-7H2,1H3,(H,25,27). The summed E-state index contributed by atoms with van der Waals surface area (Å²) in [6.07, 6.45) is 3.26. The molecule has 1 heterocycles. The van der Waals surface area contributed by atoms with E-state index in [9.17, 15) is 4.79 Å². The van der Waals surface area contributed by atoms with Crippen LogP contribution in [0.3, 0.4) is 0 Å². The highest BCUT2D eigenvalue weighted by Gasteiger charge is 2.20. The van der Waals surface area contributed by atoms with Crippen molar-refractivity contribution >= 4 is 69.7 Å². The first-order valence-electron chi connectivity index (χ1n) is 9.23. The summed E-state index contributed by atoms with van der Waals surface area (Å²) in [6.45, 7) is 3.90. The van der Waals surface area contributed by atoms with Gasteiger partial charge in [-0.1, -0.05) is 48.1 Å². The Morgan fingerprint density at radius 2 is 1.93 bits per heavy atom. The zero-order valence-electron chi connectivity index (χ0n) is 15.5. The molecular weight excluding hydrogens is 437 g/mol. The van der Waals surface area contributed by atoms with Crippen LogP contribution < -0.4 is 14.9 Å². The molecule has 0 aliphatic carbocycles. The van der Waals surface area contributed by atoms with E-state index in [2.05, 4.69) is 21.9 Å². The third kappa shape index (κ3) is 5.41. The number of anilines is 3. The molecule has 0 saturated carbocycles. The topological polar surface area (TPSA) is 44.4 Å². The molecule has 1 saturated heterocycles. The number of hydrogen-bond donors (Lipinski definition) is 2. The highest BCUT2D eigenvalue weighted by Crippen LogP contribution is 2.36. The molecule has 8 heteroatoms.